The molecule has 6 nitrogen and oxygen atoms in total. The molecule has 3 rings (SSSR count). The summed E-state index contributed by atoms with van der Waals surface area (Å²) < 4.78 is 25.5. The topological polar surface area (TPSA) is 95.8 Å². The van der Waals surface area contributed by atoms with Crippen molar-refractivity contribution in [3.8, 4) is 0 Å². The van der Waals surface area contributed by atoms with Crippen molar-refractivity contribution >= 4 is 33.0 Å². The molecule has 1 saturated heterocycles. The highest BCUT2D eigenvalue weighted by molar-refractivity contribution is 8.16. The van der Waals surface area contributed by atoms with Gasteiger partial charge in [0.05, 0.1) is 12.3 Å². The van der Waals surface area contributed by atoms with Crippen LogP contribution in [0, 0.1) is 17.8 Å². The van der Waals surface area contributed by atoms with Crippen LogP contribution in [-0.4, -0.2) is 41.1 Å². The first-order valence-corrected chi connectivity index (χ1v) is 10.7. The first kappa shape index (κ1) is 18.7. The van der Waals surface area contributed by atoms with Crippen LogP contribution in [0.5, 0.6) is 0 Å². The SMILES string of the molecule is CC(C)[C@]1(C)SC(=N[C@H]2C[C@@H]3CC[C@H]2C3)NC1=O.CS(=O)(=O)O. The number of nitrogens with zero attached hydrogens (tertiary/aromatic N) is 1. The normalized spacial score (nSPS) is 37.9. The lowest BCUT2D eigenvalue weighted by molar-refractivity contribution is -0.122. The Morgan fingerprint density at radius 2 is 1.96 bits per heavy atom. The lowest BCUT2D eigenvalue weighted by Crippen LogP contribution is -2.38. The van der Waals surface area contributed by atoms with Gasteiger partial charge in [-0.25, -0.2) is 0 Å². The number of thioether (sulfide) groups is 1. The monoisotopic (exact) mass is 362 g/mol. The molecule has 0 spiro atoms. The summed E-state index contributed by atoms with van der Waals surface area (Å²) in [6.07, 6.45) is 6.05. The maximum atomic E-state index is 12.1. The molecule has 0 aromatic heterocycles. The second-order valence-corrected chi connectivity index (χ2v) is 10.1. The number of nitrogens with one attached hydrogen (secondary N) is 1. The molecule has 2 bridgehead atoms. The van der Waals surface area contributed by atoms with Gasteiger partial charge in [0, 0.05) is 0 Å². The van der Waals surface area contributed by atoms with Crippen molar-refractivity contribution in [2.75, 3.05) is 6.26 Å². The number of carbonyl (C=O) groups is 1. The van der Waals surface area contributed by atoms with Gasteiger partial charge in [-0.1, -0.05) is 32.0 Å². The highest BCUT2D eigenvalue weighted by atomic mass is 32.2. The summed E-state index contributed by atoms with van der Waals surface area (Å²) in [7, 11) is -3.67. The second kappa shape index (κ2) is 6.72. The number of amidine groups is 1. The van der Waals surface area contributed by atoms with Crippen molar-refractivity contribution in [1.82, 2.24) is 5.32 Å². The number of fused-ring (bicyclic) bond motifs is 2. The zero-order valence-corrected chi connectivity index (χ0v) is 15.7. The molecule has 1 amide bonds. The van der Waals surface area contributed by atoms with Gasteiger partial charge in [-0.3, -0.25) is 14.3 Å². The van der Waals surface area contributed by atoms with Gasteiger partial charge in [-0.15, -0.1) is 0 Å². The molecule has 1 heterocycles. The maximum absolute atomic E-state index is 12.1. The quantitative estimate of drug-likeness (QED) is 0.735. The number of hydrogen-bond donors (Lipinski definition) is 2. The van der Waals surface area contributed by atoms with Gasteiger partial charge in [0.15, 0.2) is 5.17 Å². The van der Waals surface area contributed by atoms with Crippen molar-refractivity contribution in [2.24, 2.45) is 22.7 Å². The van der Waals surface area contributed by atoms with Gasteiger partial charge in [-0.2, -0.15) is 8.42 Å². The highest BCUT2D eigenvalue weighted by Gasteiger charge is 2.46. The van der Waals surface area contributed by atoms with Crippen molar-refractivity contribution in [1.29, 1.82) is 0 Å². The van der Waals surface area contributed by atoms with Crippen LogP contribution in [0.1, 0.15) is 46.5 Å². The van der Waals surface area contributed by atoms with Crippen LogP contribution < -0.4 is 5.32 Å². The molecule has 2 saturated carbocycles. The summed E-state index contributed by atoms with van der Waals surface area (Å²) in [5.74, 6) is 2.15. The van der Waals surface area contributed by atoms with Gasteiger partial charge < -0.3 is 5.32 Å². The number of hydrogen-bond acceptors (Lipinski definition) is 5. The molecule has 1 aliphatic heterocycles. The Labute approximate surface area is 142 Å². The molecule has 3 aliphatic rings. The van der Waals surface area contributed by atoms with E-state index in [9.17, 15) is 13.2 Å². The van der Waals surface area contributed by atoms with Gasteiger partial charge in [0.1, 0.15) is 4.75 Å². The largest absolute Gasteiger partial charge is 0.304 e. The third kappa shape index (κ3) is 4.70. The van der Waals surface area contributed by atoms with Gasteiger partial charge >= 0.3 is 0 Å². The number of aliphatic imine (C=N–C) groups is 1. The van der Waals surface area contributed by atoms with Crippen molar-refractivity contribution < 1.29 is 17.8 Å². The number of rotatable bonds is 2. The summed E-state index contributed by atoms with van der Waals surface area (Å²) >= 11 is 1.63. The van der Waals surface area contributed by atoms with E-state index in [0.717, 1.165) is 17.0 Å². The second-order valence-electron chi connectivity index (χ2n) is 7.23. The summed E-state index contributed by atoms with van der Waals surface area (Å²) in [5, 5.41) is 3.86. The predicted molar refractivity (Wildman–Crippen MR) is 93.1 cm³/mol. The van der Waals surface area contributed by atoms with E-state index in [4.69, 9.17) is 9.55 Å². The van der Waals surface area contributed by atoms with E-state index in [0.29, 0.717) is 18.2 Å². The van der Waals surface area contributed by atoms with Crippen molar-refractivity contribution in [3.63, 3.8) is 0 Å². The fourth-order valence-electron chi connectivity index (χ4n) is 3.45. The fraction of sp³-hybridized carbons (Fsp3) is 0.867. The van der Waals surface area contributed by atoms with E-state index >= 15 is 0 Å². The van der Waals surface area contributed by atoms with Gasteiger partial charge in [0.25, 0.3) is 10.1 Å². The van der Waals surface area contributed by atoms with Crippen LogP contribution in [-0.2, 0) is 14.9 Å². The third-order valence-corrected chi connectivity index (χ3v) is 6.55. The molecule has 8 heteroatoms. The van der Waals surface area contributed by atoms with Crippen molar-refractivity contribution in [2.45, 2.75) is 57.2 Å². The average molecular weight is 363 g/mol. The molecule has 2 N–H and O–H groups in total. The van der Waals surface area contributed by atoms with Crippen LogP contribution >= 0.6 is 11.8 Å². The van der Waals surface area contributed by atoms with E-state index in [2.05, 4.69) is 19.2 Å². The van der Waals surface area contributed by atoms with Crippen LogP contribution in [0.25, 0.3) is 0 Å². The summed E-state index contributed by atoms with van der Waals surface area (Å²) in [4.78, 5) is 16.9. The molecule has 23 heavy (non-hydrogen) atoms. The van der Waals surface area contributed by atoms with E-state index in [1.54, 1.807) is 11.8 Å². The summed E-state index contributed by atoms with van der Waals surface area (Å²) in [6, 6.07) is 0.473. The summed E-state index contributed by atoms with van der Waals surface area (Å²) in [5.41, 5.74) is 0. The molecule has 0 radical (unpaired) electrons. The molecular weight excluding hydrogens is 336 g/mol. The molecule has 0 unspecified atom stereocenters. The predicted octanol–water partition coefficient (Wildman–Crippen LogP) is 2.31. The highest BCUT2D eigenvalue weighted by Crippen LogP contribution is 2.47. The first-order chi connectivity index (χ1) is 10.5. The standard InChI is InChI=1S/C14H22N2OS.CH4O3S/c1-8(2)14(3)12(17)16-13(18-14)15-11-7-9-4-5-10(11)6-9;1-5(2,3)4/h8-11H,4-7H2,1-3H3,(H,15,16,17);1H3,(H,2,3,4)/t9-,10+,11+,14+;/m1./s1. The minimum atomic E-state index is -3.67. The van der Waals surface area contributed by atoms with E-state index in [-0.39, 0.29) is 10.7 Å². The van der Waals surface area contributed by atoms with Crippen LogP contribution in [0.15, 0.2) is 4.99 Å². The van der Waals surface area contributed by atoms with E-state index in [1.807, 2.05) is 6.92 Å². The molecule has 0 aromatic carbocycles. The van der Waals surface area contributed by atoms with Gasteiger partial charge in [0.2, 0.25) is 5.91 Å². The minimum Gasteiger partial charge on any atom is -0.304 e. The first-order valence-electron chi connectivity index (χ1n) is 7.99. The average Bonchev–Trinajstić information content (AvgIpc) is 3.04. The summed E-state index contributed by atoms with van der Waals surface area (Å²) in [6.45, 7) is 6.24. The molecule has 2 aliphatic carbocycles. The maximum Gasteiger partial charge on any atom is 0.261 e. The minimum absolute atomic E-state index is 0.129. The lowest BCUT2D eigenvalue weighted by atomic mass is 9.96. The Hall–Kier alpha value is -0.600. The molecule has 4 atom stereocenters. The van der Waals surface area contributed by atoms with Crippen LogP contribution in [0.3, 0.4) is 0 Å². The molecule has 0 aromatic rings. The Morgan fingerprint density at radius 1 is 1.35 bits per heavy atom. The Morgan fingerprint density at radius 3 is 2.35 bits per heavy atom. The smallest absolute Gasteiger partial charge is 0.261 e. The lowest BCUT2D eigenvalue weighted by Gasteiger charge is -2.23. The zero-order chi connectivity index (χ0) is 17.4. The molecule has 132 valence electrons. The van der Waals surface area contributed by atoms with Crippen LogP contribution in [0.2, 0.25) is 0 Å². The Bertz CT molecular complexity index is 595. The van der Waals surface area contributed by atoms with Crippen molar-refractivity contribution in [3.05, 3.63) is 0 Å². The van der Waals surface area contributed by atoms with E-state index in [1.165, 1.54) is 25.7 Å². The third-order valence-electron chi connectivity index (χ3n) is 5.07. The Balaban J connectivity index is 0.000000338. The fourth-order valence-corrected chi connectivity index (χ4v) is 4.57. The molecule has 3 fully saturated rings. The molecular formula is C15H26N2O4S2. The van der Waals surface area contributed by atoms with E-state index < -0.39 is 10.1 Å². The number of amides is 1. The zero-order valence-electron chi connectivity index (χ0n) is 14.1. The number of carbonyl (C=O) groups excluding carboxylic acids is 1. The van der Waals surface area contributed by atoms with Gasteiger partial charge in [-0.05, 0) is 43.9 Å². The van der Waals surface area contributed by atoms with Crippen LogP contribution in [0.4, 0.5) is 0 Å². The Kier molecular flexibility index (Phi) is 5.48.